The van der Waals surface area contributed by atoms with E-state index in [0.29, 0.717) is 18.4 Å². The van der Waals surface area contributed by atoms with Gasteiger partial charge in [-0.15, -0.1) is 0 Å². The molecule has 0 saturated carbocycles. The summed E-state index contributed by atoms with van der Waals surface area (Å²) in [5.41, 5.74) is -6.82. The van der Waals surface area contributed by atoms with Crippen molar-refractivity contribution < 1.29 is 35.5 Å². The fourth-order valence-electron chi connectivity index (χ4n) is 2.63. The van der Waals surface area contributed by atoms with Crippen LogP contribution in [0.1, 0.15) is 37.8 Å². The van der Waals surface area contributed by atoms with E-state index < -0.39 is 30.0 Å². The lowest BCUT2D eigenvalue weighted by Crippen LogP contribution is -2.56. The first kappa shape index (κ1) is 20.7. The number of methoxy groups -OCH3 is 1. The molecule has 0 aromatic heterocycles. The van der Waals surface area contributed by atoms with Gasteiger partial charge in [-0.2, -0.15) is 26.3 Å². The maximum absolute atomic E-state index is 14.2. The summed E-state index contributed by atoms with van der Waals surface area (Å²) in [7, 11) is 0.968. The molecule has 0 aliphatic heterocycles. The first-order chi connectivity index (χ1) is 10.8. The Morgan fingerprint density at radius 1 is 0.917 bits per heavy atom. The third-order valence-electron chi connectivity index (χ3n) is 4.04. The third kappa shape index (κ3) is 3.84. The quantitative estimate of drug-likeness (QED) is 0.589. The Balaban J connectivity index is 3.44. The molecule has 0 heterocycles. The van der Waals surface area contributed by atoms with Gasteiger partial charge in [0.1, 0.15) is 0 Å². The first-order valence-electron chi connectivity index (χ1n) is 7.28. The zero-order chi connectivity index (χ0) is 18.8. The Morgan fingerprint density at radius 3 is 1.83 bits per heavy atom. The maximum Gasteiger partial charge on any atom is 0.431 e. The molecule has 1 atom stereocenters. The molecular formula is C16H19F7O. The highest BCUT2D eigenvalue weighted by molar-refractivity contribution is 5.33. The Hall–Kier alpha value is -1.31. The zero-order valence-electron chi connectivity index (χ0n) is 13.5. The van der Waals surface area contributed by atoms with E-state index in [-0.39, 0.29) is 5.56 Å². The van der Waals surface area contributed by atoms with Crippen LogP contribution in [0, 0.1) is 0 Å². The van der Waals surface area contributed by atoms with E-state index in [1.165, 1.54) is 12.1 Å². The summed E-state index contributed by atoms with van der Waals surface area (Å²) in [4.78, 5) is 0. The van der Waals surface area contributed by atoms with Crippen LogP contribution in [0.5, 0.6) is 0 Å². The average Bonchev–Trinajstić information content (AvgIpc) is 2.45. The van der Waals surface area contributed by atoms with Gasteiger partial charge in [-0.05, 0) is 24.5 Å². The fraction of sp³-hybridized carbons (Fsp3) is 0.625. The van der Waals surface area contributed by atoms with Gasteiger partial charge in [0.25, 0.3) is 0 Å². The van der Waals surface area contributed by atoms with E-state index in [4.69, 9.17) is 4.74 Å². The van der Waals surface area contributed by atoms with Crippen molar-refractivity contribution >= 4 is 0 Å². The average molecular weight is 360 g/mol. The lowest BCUT2D eigenvalue weighted by atomic mass is 9.80. The summed E-state index contributed by atoms with van der Waals surface area (Å²) in [5.74, 6) is 0. The van der Waals surface area contributed by atoms with Crippen LogP contribution in [0.25, 0.3) is 0 Å². The predicted molar refractivity (Wildman–Crippen MR) is 75.4 cm³/mol. The second-order valence-corrected chi connectivity index (χ2v) is 5.82. The molecular weight excluding hydrogens is 341 g/mol. The highest BCUT2D eigenvalue weighted by atomic mass is 19.4. The Bertz CT molecular complexity index is 536. The van der Waals surface area contributed by atoms with Crippen molar-refractivity contribution in [1.82, 2.24) is 0 Å². The van der Waals surface area contributed by atoms with Gasteiger partial charge in [-0.1, -0.05) is 37.6 Å². The number of halogens is 7. The lowest BCUT2D eigenvalue weighted by molar-refractivity contribution is -0.353. The number of aryl methyl sites for hydroxylation is 1. The number of benzene rings is 1. The normalized spacial score (nSPS) is 16.1. The smallest absolute Gasteiger partial charge is 0.374 e. The molecule has 1 aromatic rings. The van der Waals surface area contributed by atoms with Gasteiger partial charge >= 0.3 is 18.0 Å². The minimum atomic E-state index is -6.11. The van der Waals surface area contributed by atoms with Crippen LogP contribution in [0.4, 0.5) is 30.7 Å². The maximum atomic E-state index is 14.2. The summed E-state index contributed by atoms with van der Waals surface area (Å²) < 4.78 is 96.4. The van der Waals surface area contributed by atoms with E-state index in [1.54, 1.807) is 12.1 Å². The van der Waals surface area contributed by atoms with E-state index in [9.17, 15) is 30.7 Å². The van der Waals surface area contributed by atoms with Gasteiger partial charge in [0.15, 0.2) is 0 Å². The van der Waals surface area contributed by atoms with E-state index in [1.807, 2.05) is 6.92 Å². The van der Waals surface area contributed by atoms with Crippen molar-refractivity contribution in [1.29, 1.82) is 0 Å². The summed E-state index contributed by atoms with van der Waals surface area (Å²) in [5, 5.41) is 0. The first-order valence-corrected chi connectivity index (χ1v) is 7.28. The van der Waals surface area contributed by atoms with Gasteiger partial charge in [0.05, 0.1) is 5.60 Å². The van der Waals surface area contributed by atoms with E-state index in [0.717, 1.165) is 14.0 Å². The van der Waals surface area contributed by atoms with Crippen molar-refractivity contribution in [2.45, 2.75) is 56.7 Å². The van der Waals surface area contributed by atoms with Crippen LogP contribution in [0.15, 0.2) is 24.3 Å². The van der Waals surface area contributed by atoms with Gasteiger partial charge in [-0.25, -0.2) is 4.39 Å². The summed E-state index contributed by atoms with van der Waals surface area (Å²) >= 11 is 0. The van der Waals surface area contributed by atoms with Crippen LogP contribution >= 0.6 is 0 Å². The highest BCUT2D eigenvalue weighted by Gasteiger charge is 2.74. The molecule has 1 unspecified atom stereocenters. The number of ether oxygens (including phenoxy) is 1. The minimum absolute atomic E-state index is 0.116. The van der Waals surface area contributed by atoms with Gasteiger partial charge in [-0.3, -0.25) is 0 Å². The Labute approximate surface area is 135 Å². The molecule has 0 spiro atoms. The molecule has 8 heteroatoms. The molecule has 0 radical (unpaired) electrons. The van der Waals surface area contributed by atoms with Crippen molar-refractivity contribution in [2.75, 3.05) is 7.11 Å². The third-order valence-corrected chi connectivity index (χ3v) is 4.04. The SMILES string of the molecule is CCCc1ccccc1C(C)(CC(F)(C(F)(F)F)C(F)(F)F)OC. The summed E-state index contributed by atoms with van der Waals surface area (Å²) in [6.45, 7) is 2.85. The number of rotatable bonds is 6. The second kappa shape index (κ2) is 6.90. The van der Waals surface area contributed by atoms with E-state index >= 15 is 0 Å². The van der Waals surface area contributed by atoms with E-state index in [2.05, 4.69) is 0 Å². The standard InChI is InChI=1S/C16H19F7O/c1-4-7-11-8-5-6-9-12(11)13(2,24-3)10-14(17,15(18,19)20)16(21,22)23/h5-6,8-9H,4,7,10H2,1-3H3. The molecule has 1 rings (SSSR count). The van der Waals surface area contributed by atoms with Crippen molar-refractivity contribution in [3.05, 3.63) is 35.4 Å². The number of hydrogen-bond donors (Lipinski definition) is 0. The molecule has 1 aromatic carbocycles. The Morgan fingerprint density at radius 2 is 1.42 bits per heavy atom. The highest BCUT2D eigenvalue weighted by Crippen LogP contribution is 2.52. The lowest BCUT2D eigenvalue weighted by Gasteiger charge is -2.39. The summed E-state index contributed by atoms with van der Waals surface area (Å²) in [6.07, 6.45) is -13.1. The molecule has 0 N–H and O–H groups in total. The fourth-order valence-corrected chi connectivity index (χ4v) is 2.63. The topological polar surface area (TPSA) is 9.23 Å². The monoisotopic (exact) mass is 360 g/mol. The van der Waals surface area contributed by atoms with Crippen LogP contribution < -0.4 is 0 Å². The van der Waals surface area contributed by atoms with Crippen LogP contribution in [0.2, 0.25) is 0 Å². The molecule has 138 valence electrons. The van der Waals surface area contributed by atoms with Gasteiger partial charge < -0.3 is 4.74 Å². The molecule has 0 amide bonds. The zero-order valence-corrected chi connectivity index (χ0v) is 13.5. The van der Waals surface area contributed by atoms with Crippen molar-refractivity contribution in [3.8, 4) is 0 Å². The van der Waals surface area contributed by atoms with Gasteiger partial charge in [0.2, 0.25) is 0 Å². The number of hydrogen-bond acceptors (Lipinski definition) is 1. The molecule has 0 fully saturated rings. The largest absolute Gasteiger partial charge is 0.431 e. The number of alkyl halides is 7. The summed E-state index contributed by atoms with van der Waals surface area (Å²) in [6, 6.07) is 6.02. The molecule has 1 nitrogen and oxygen atoms in total. The molecule has 0 bridgehead atoms. The molecule has 0 aliphatic rings. The van der Waals surface area contributed by atoms with Crippen molar-refractivity contribution in [2.24, 2.45) is 0 Å². The minimum Gasteiger partial charge on any atom is -0.374 e. The van der Waals surface area contributed by atoms with Crippen LogP contribution in [-0.2, 0) is 16.8 Å². The Kier molecular flexibility index (Phi) is 5.96. The molecule has 24 heavy (non-hydrogen) atoms. The second-order valence-electron chi connectivity index (χ2n) is 5.82. The van der Waals surface area contributed by atoms with Crippen LogP contribution in [0.3, 0.4) is 0 Å². The van der Waals surface area contributed by atoms with Crippen LogP contribution in [-0.4, -0.2) is 25.1 Å². The predicted octanol–water partition coefficient (Wildman–Crippen LogP) is 5.72. The molecule has 0 saturated heterocycles. The van der Waals surface area contributed by atoms with Crippen molar-refractivity contribution in [3.63, 3.8) is 0 Å². The molecule has 0 aliphatic carbocycles. The van der Waals surface area contributed by atoms with Gasteiger partial charge in [0, 0.05) is 13.5 Å².